The fraction of sp³-hybridized carbons (Fsp3) is 0.0556. The van der Waals surface area contributed by atoms with Crippen LogP contribution in [0.4, 0.5) is 0 Å². The number of hydrogen-bond acceptors (Lipinski definition) is 3. The quantitative estimate of drug-likeness (QED) is 0.679. The molecule has 0 aliphatic rings. The topological polar surface area (TPSA) is 42.9 Å². The van der Waals surface area contributed by atoms with Gasteiger partial charge in [-0.25, -0.2) is 9.97 Å². The van der Waals surface area contributed by atoms with Gasteiger partial charge in [0, 0.05) is 16.7 Å². The Balaban J connectivity index is 2.23. The number of nitrogens with zero attached hydrogens (tertiary/aromatic N) is 2. The van der Waals surface area contributed by atoms with Crippen LogP contribution < -0.4 is 0 Å². The van der Waals surface area contributed by atoms with Gasteiger partial charge >= 0.3 is 0 Å². The number of rotatable bonds is 3. The molecule has 1 aromatic heterocycles. The Morgan fingerprint density at radius 3 is 1.95 bits per heavy atom. The molecule has 3 nitrogen and oxygen atoms in total. The Labute approximate surface area is 123 Å². The summed E-state index contributed by atoms with van der Waals surface area (Å²) in [5.41, 5.74) is 3.92. The zero-order chi connectivity index (χ0) is 14.7. The predicted octanol–water partition coefficient (Wildman–Crippen LogP) is 3.93. The van der Waals surface area contributed by atoms with Gasteiger partial charge < -0.3 is 0 Å². The third-order valence-electron chi connectivity index (χ3n) is 3.37. The molecule has 0 saturated heterocycles. The summed E-state index contributed by atoms with van der Waals surface area (Å²) in [6.07, 6.45) is 0.788. The van der Waals surface area contributed by atoms with Crippen LogP contribution in [0.2, 0.25) is 0 Å². The summed E-state index contributed by atoms with van der Waals surface area (Å²) in [4.78, 5) is 20.3. The van der Waals surface area contributed by atoms with Crippen LogP contribution >= 0.6 is 0 Å². The van der Waals surface area contributed by atoms with Crippen molar-refractivity contribution in [1.82, 2.24) is 9.97 Å². The molecule has 21 heavy (non-hydrogen) atoms. The summed E-state index contributed by atoms with van der Waals surface area (Å²) in [7, 11) is 0. The van der Waals surface area contributed by atoms with Gasteiger partial charge in [-0.2, -0.15) is 0 Å². The van der Waals surface area contributed by atoms with Crippen molar-refractivity contribution in [3.05, 3.63) is 71.9 Å². The first-order valence-electron chi connectivity index (χ1n) is 6.74. The van der Waals surface area contributed by atoms with Crippen LogP contribution in [-0.4, -0.2) is 16.3 Å². The molecule has 0 radical (unpaired) electrons. The fourth-order valence-corrected chi connectivity index (χ4v) is 2.24. The number of carbonyl (C=O) groups is 1. The molecule has 3 rings (SSSR count). The average Bonchev–Trinajstić information content (AvgIpc) is 2.56. The van der Waals surface area contributed by atoms with Crippen LogP contribution in [0.3, 0.4) is 0 Å². The van der Waals surface area contributed by atoms with E-state index in [0.29, 0.717) is 11.5 Å². The molecule has 3 aromatic rings. The highest BCUT2D eigenvalue weighted by Gasteiger charge is 2.12. The van der Waals surface area contributed by atoms with Crippen molar-refractivity contribution >= 4 is 6.29 Å². The van der Waals surface area contributed by atoms with Crippen molar-refractivity contribution in [2.75, 3.05) is 0 Å². The highest BCUT2D eigenvalue weighted by molar-refractivity contribution is 5.80. The van der Waals surface area contributed by atoms with Crippen LogP contribution in [0.15, 0.2) is 60.7 Å². The molecule has 0 saturated carbocycles. The minimum Gasteiger partial charge on any atom is -0.296 e. The van der Waals surface area contributed by atoms with E-state index in [4.69, 9.17) is 0 Å². The zero-order valence-electron chi connectivity index (χ0n) is 11.7. The van der Waals surface area contributed by atoms with E-state index in [1.54, 1.807) is 0 Å². The molecular weight excluding hydrogens is 260 g/mol. The molecular formula is C18H14N2O. The van der Waals surface area contributed by atoms with Gasteiger partial charge in [-0.3, -0.25) is 4.79 Å². The van der Waals surface area contributed by atoms with Gasteiger partial charge in [0.25, 0.3) is 0 Å². The molecule has 2 aromatic carbocycles. The number of carbonyl (C=O) groups excluding carboxylic acids is 1. The molecule has 102 valence electrons. The Bertz CT molecular complexity index is 768. The molecule has 0 aliphatic heterocycles. The van der Waals surface area contributed by atoms with Crippen LogP contribution in [0, 0.1) is 6.92 Å². The molecule has 0 spiro atoms. The van der Waals surface area contributed by atoms with Gasteiger partial charge in [-0.1, -0.05) is 60.7 Å². The molecule has 0 bridgehead atoms. The first kappa shape index (κ1) is 13.2. The van der Waals surface area contributed by atoms with E-state index in [1.165, 1.54) is 0 Å². The first-order valence-corrected chi connectivity index (χ1v) is 6.74. The van der Waals surface area contributed by atoms with Gasteiger partial charge in [0.05, 0.1) is 5.69 Å². The third-order valence-corrected chi connectivity index (χ3v) is 3.37. The Morgan fingerprint density at radius 2 is 1.38 bits per heavy atom. The van der Waals surface area contributed by atoms with E-state index < -0.39 is 0 Å². The van der Waals surface area contributed by atoms with E-state index in [0.717, 1.165) is 28.7 Å². The van der Waals surface area contributed by atoms with E-state index in [-0.39, 0.29) is 0 Å². The summed E-state index contributed by atoms with van der Waals surface area (Å²) in [5.74, 6) is 0.571. The monoisotopic (exact) mass is 274 g/mol. The van der Waals surface area contributed by atoms with Gasteiger partial charge in [0.15, 0.2) is 12.1 Å². The normalized spacial score (nSPS) is 10.3. The zero-order valence-corrected chi connectivity index (χ0v) is 11.7. The number of aldehydes is 1. The van der Waals surface area contributed by atoms with Crippen molar-refractivity contribution in [3.8, 4) is 22.6 Å². The fourth-order valence-electron chi connectivity index (χ4n) is 2.24. The number of aromatic nitrogens is 2. The summed E-state index contributed by atoms with van der Waals surface area (Å²) < 4.78 is 0. The lowest BCUT2D eigenvalue weighted by Gasteiger charge is -2.10. The number of benzene rings is 2. The maximum Gasteiger partial charge on any atom is 0.168 e. The van der Waals surface area contributed by atoms with Gasteiger partial charge in [0.2, 0.25) is 0 Å². The summed E-state index contributed by atoms with van der Waals surface area (Å²) in [5, 5.41) is 0. The molecule has 0 amide bonds. The van der Waals surface area contributed by atoms with Crippen molar-refractivity contribution in [2.45, 2.75) is 6.92 Å². The predicted molar refractivity (Wildman–Crippen MR) is 83.0 cm³/mol. The smallest absolute Gasteiger partial charge is 0.168 e. The van der Waals surface area contributed by atoms with Crippen molar-refractivity contribution in [3.63, 3.8) is 0 Å². The highest BCUT2D eigenvalue weighted by atomic mass is 16.1. The molecule has 0 atom stereocenters. The lowest BCUT2D eigenvalue weighted by Crippen LogP contribution is -2.02. The van der Waals surface area contributed by atoms with E-state index >= 15 is 0 Å². The minimum atomic E-state index is 0.433. The second-order valence-corrected chi connectivity index (χ2v) is 4.76. The Hall–Kier alpha value is -2.81. The lowest BCUT2D eigenvalue weighted by atomic mass is 10.0. The summed E-state index contributed by atoms with van der Waals surface area (Å²) >= 11 is 0. The van der Waals surface area contributed by atoms with Gasteiger partial charge in [0.1, 0.15) is 5.69 Å². The van der Waals surface area contributed by atoms with Crippen LogP contribution in [0.5, 0.6) is 0 Å². The minimum absolute atomic E-state index is 0.433. The summed E-state index contributed by atoms with van der Waals surface area (Å²) in [6.45, 7) is 1.88. The van der Waals surface area contributed by atoms with Crippen molar-refractivity contribution in [1.29, 1.82) is 0 Å². The lowest BCUT2D eigenvalue weighted by molar-refractivity contribution is 0.111. The molecule has 0 fully saturated rings. The maximum absolute atomic E-state index is 11.3. The Morgan fingerprint density at radius 1 is 0.810 bits per heavy atom. The number of hydrogen-bond donors (Lipinski definition) is 0. The van der Waals surface area contributed by atoms with E-state index in [1.807, 2.05) is 67.6 Å². The van der Waals surface area contributed by atoms with E-state index in [9.17, 15) is 4.79 Å². The highest BCUT2D eigenvalue weighted by Crippen LogP contribution is 2.25. The van der Waals surface area contributed by atoms with Gasteiger partial charge in [-0.05, 0) is 6.92 Å². The SMILES string of the molecule is Cc1c(C=O)nc(-c2ccccc2)nc1-c1ccccc1. The maximum atomic E-state index is 11.3. The van der Waals surface area contributed by atoms with Crippen molar-refractivity contribution < 1.29 is 4.79 Å². The van der Waals surface area contributed by atoms with Gasteiger partial charge in [-0.15, -0.1) is 0 Å². The van der Waals surface area contributed by atoms with E-state index in [2.05, 4.69) is 9.97 Å². The second-order valence-electron chi connectivity index (χ2n) is 4.76. The molecule has 0 N–H and O–H groups in total. The third kappa shape index (κ3) is 2.58. The van der Waals surface area contributed by atoms with Crippen LogP contribution in [-0.2, 0) is 0 Å². The average molecular weight is 274 g/mol. The standard InChI is InChI=1S/C18H14N2O/c1-13-16(12-21)19-18(15-10-6-3-7-11-15)20-17(13)14-8-4-2-5-9-14/h2-12H,1H3. The van der Waals surface area contributed by atoms with Crippen LogP contribution in [0.1, 0.15) is 16.1 Å². The molecule has 0 unspecified atom stereocenters. The largest absolute Gasteiger partial charge is 0.296 e. The summed E-state index contributed by atoms with van der Waals surface area (Å²) in [6, 6.07) is 19.5. The molecule has 3 heteroatoms. The van der Waals surface area contributed by atoms with Crippen LogP contribution in [0.25, 0.3) is 22.6 Å². The Kier molecular flexibility index (Phi) is 3.56. The first-order chi connectivity index (χ1) is 10.3. The second kappa shape index (κ2) is 5.67. The molecule has 0 aliphatic carbocycles. The van der Waals surface area contributed by atoms with Crippen molar-refractivity contribution in [2.24, 2.45) is 0 Å². The molecule has 1 heterocycles.